The van der Waals surface area contributed by atoms with E-state index in [1.54, 1.807) is 7.11 Å². The maximum Gasteiger partial charge on any atom is 0.122 e. The molecule has 0 atom stereocenters. The Balaban J connectivity index is 2.51. The van der Waals surface area contributed by atoms with Gasteiger partial charge < -0.3 is 15.4 Å². The summed E-state index contributed by atoms with van der Waals surface area (Å²) in [5, 5.41) is 6.61. The number of rotatable bonds is 7. The highest BCUT2D eigenvalue weighted by Crippen LogP contribution is 2.22. The topological polar surface area (TPSA) is 33.3 Å². The van der Waals surface area contributed by atoms with Gasteiger partial charge in [-0.3, -0.25) is 0 Å². The van der Waals surface area contributed by atoms with Crippen molar-refractivity contribution in [2.75, 3.05) is 27.2 Å². The molecule has 1 rings (SSSR count). The van der Waals surface area contributed by atoms with Crippen LogP contribution in [0.2, 0.25) is 0 Å². The molecule has 0 saturated carbocycles. The second-order valence-electron chi connectivity index (χ2n) is 4.38. The standard InChI is InChI=1S/C14H24N2O/c1-11-9-14(17-4)12(2)8-13(11)10-16-7-5-6-15-3/h8-9,15-16H,5-7,10H2,1-4H3. The van der Waals surface area contributed by atoms with E-state index in [0.29, 0.717) is 0 Å². The Morgan fingerprint density at radius 2 is 1.88 bits per heavy atom. The molecule has 0 heterocycles. The first-order valence-corrected chi connectivity index (χ1v) is 6.18. The smallest absolute Gasteiger partial charge is 0.122 e. The van der Waals surface area contributed by atoms with Crippen LogP contribution in [0.25, 0.3) is 0 Å². The Kier molecular flexibility index (Phi) is 6.01. The zero-order chi connectivity index (χ0) is 12.7. The van der Waals surface area contributed by atoms with Crippen molar-refractivity contribution in [1.29, 1.82) is 0 Å². The molecule has 0 aliphatic rings. The fourth-order valence-corrected chi connectivity index (χ4v) is 1.87. The Morgan fingerprint density at radius 1 is 1.12 bits per heavy atom. The fourth-order valence-electron chi connectivity index (χ4n) is 1.87. The zero-order valence-corrected chi connectivity index (χ0v) is 11.4. The normalized spacial score (nSPS) is 10.6. The largest absolute Gasteiger partial charge is 0.496 e. The van der Waals surface area contributed by atoms with Crippen LogP contribution >= 0.6 is 0 Å². The zero-order valence-electron chi connectivity index (χ0n) is 11.4. The minimum atomic E-state index is 0.931. The first kappa shape index (κ1) is 14.0. The monoisotopic (exact) mass is 236 g/mol. The summed E-state index contributed by atoms with van der Waals surface area (Å²) < 4.78 is 5.31. The maximum absolute atomic E-state index is 5.31. The summed E-state index contributed by atoms with van der Waals surface area (Å²) in [7, 11) is 3.70. The quantitative estimate of drug-likeness (QED) is 0.711. The van der Waals surface area contributed by atoms with E-state index in [1.807, 2.05) is 7.05 Å². The number of benzene rings is 1. The molecule has 17 heavy (non-hydrogen) atoms. The number of ether oxygens (including phenoxy) is 1. The predicted octanol–water partition coefficient (Wildman–Crippen LogP) is 2.01. The summed E-state index contributed by atoms with van der Waals surface area (Å²) in [6, 6.07) is 4.32. The molecule has 1 aromatic rings. The summed E-state index contributed by atoms with van der Waals surface area (Å²) in [5.74, 6) is 0.974. The Bertz CT molecular complexity index is 350. The third kappa shape index (κ3) is 4.36. The second-order valence-corrected chi connectivity index (χ2v) is 4.38. The highest BCUT2D eigenvalue weighted by molar-refractivity contribution is 5.41. The van der Waals surface area contributed by atoms with Crippen LogP contribution in [0.15, 0.2) is 12.1 Å². The number of aryl methyl sites for hydroxylation is 2. The van der Waals surface area contributed by atoms with Crippen LogP contribution < -0.4 is 15.4 Å². The highest BCUT2D eigenvalue weighted by Gasteiger charge is 2.04. The molecule has 0 fully saturated rings. The Morgan fingerprint density at radius 3 is 2.53 bits per heavy atom. The molecule has 0 saturated heterocycles. The van der Waals surface area contributed by atoms with Gasteiger partial charge in [0, 0.05) is 6.54 Å². The van der Waals surface area contributed by atoms with E-state index >= 15 is 0 Å². The van der Waals surface area contributed by atoms with Gasteiger partial charge in [-0.15, -0.1) is 0 Å². The van der Waals surface area contributed by atoms with E-state index in [2.05, 4.69) is 36.6 Å². The van der Waals surface area contributed by atoms with Crippen molar-refractivity contribution in [1.82, 2.24) is 10.6 Å². The molecule has 1 aromatic carbocycles. The number of hydrogen-bond donors (Lipinski definition) is 2. The lowest BCUT2D eigenvalue weighted by Crippen LogP contribution is -2.19. The van der Waals surface area contributed by atoms with Crippen LogP contribution in [0.1, 0.15) is 23.1 Å². The molecule has 3 nitrogen and oxygen atoms in total. The molecule has 0 amide bonds. The second kappa shape index (κ2) is 7.30. The van der Waals surface area contributed by atoms with Crippen molar-refractivity contribution in [2.24, 2.45) is 0 Å². The average molecular weight is 236 g/mol. The van der Waals surface area contributed by atoms with E-state index in [1.165, 1.54) is 16.7 Å². The lowest BCUT2D eigenvalue weighted by atomic mass is 10.0. The van der Waals surface area contributed by atoms with E-state index in [-0.39, 0.29) is 0 Å². The highest BCUT2D eigenvalue weighted by atomic mass is 16.5. The van der Waals surface area contributed by atoms with Gasteiger partial charge in [-0.2, -0.15) is 0 Å². The van der Waals surface area contributed by atoms with Crippen LogP contribution in [0.4, 0.5) is 0 Å². The predicted molar refractivity (Wildman–Crippen MR) is 72.7 cm³/mol. The van der Waals surface area contributed by atoms with Gasteiger partial charge in [-0.1, -0.05) is 6.07 Å². The number of methoxy groups -OCH3 is 1. The summed E-state index contributed by atoms with van der Waals surface area (Å²) in [6.45, 7) is 7.26. The summed E-state index contributed by atoms with van der Waals surface area (Å²) in [4.78, 5) is 0. The summed E-state index contributed by atoms with van der Waals surface area (Å²) in [6.07, 6.45) is 1.16. The van der Waals surface area contributed by atoms with Gasteiger partial charge in [0.1, 0.15) is 5.75 Å². The molecular formula is C14H24N2O. The van der Waals surface area contributed by atoms with Crippen molar-refractivity contribution in [2.45, 2.75) is 26.8 Å². The van der Waals surface area contributed by atoms with Crippen molar-refractivity contribution >= 4 is 0 Å². The SMILES string of the molecule is CNCCCNCc1cc(C)c(OC)cc1C. The van der Waals surface area contributed by atoms with Crippen molar-refractivity contribution in [3.8, 4) is 5.75 Å². The van der Waals surface area contributed by atoms with Crippen LogP contribution in [0.5, 0.6) is 5.75 Å². The van der Waals surface area contributed by atoms with Crippen LogP contribution in [-0.4, -0.2) is 27.2 Å². The van der Waals surface area contributed by atoms with E-state index in [0.717, 1.165) is 31.8 Å². The fraction of sp³-hybridized carbons (Fsp3) is 0.571. The minimum absolute atomic E-state index is 0.931. The molecule has 0 radical (unpaired) electrons. The van der Waals surface area contributed by atoms with Gasteiger partial charge in [0.25, 0.3) is 0 Å². The van der Waals surface area contributed by atoms with Gasteiger partial charge in [0.2, 0.25) is 0 Å². The van der Waals surface area contributed by atoms with Crippen molar-refractivity contribution < 1.29 is 4.74 Å². The first-order valence-electron chi connectivity index (χ1n) is 6.18. The molecule has 0 aliphatic carbocycles. The third-order valence-corrected chi connectivity index (χ3v) is 2.95. The van der Waals surface area contributed by atoms with Gasteiger partial charge in [0.15, 0.2) is 0 Å². The number of hydrogen-bond acceptors (Lipinski definition) is 3. The third-order valence-electron chi connectivity index (χ3n) is 2.95. The molecule has 0 aromatic heterocycles. The molecule has 96 valence electrons. The van der Waals surface area contributed by atoms with E-state index in [9.17, 15) is 0 Å². The summed E-state index contributed by atoms with van der Waals surface area (Å²) >= 11 is 0. The lowest BCUT2D eigenvalue weighted by Gasteiger charge is -2.12. The minimum Gasteiger partial charge on any atom is -0.496 e. The van der Waals surface area contributed by atoms with E-state index < -0.39 is 0 Å². The Labute approximate surface area is 105 Å². The molecule has 2 N–H and O–H groups in total. The van der Waals surface area contributed by atoms with Gasteiger partial charge in [-0.05, 0) is 63.2 Å². The van der Waals surface area contributed by atoms with Gasteiger partial charge in [-0.25, -0.2) is 0 Å². The van der Waals surface area contributed by atoms with Crippen LogP contribution in [0, 0.1) is 13.8 Å². The number of nitrogens with one attached hydrogen (secondary N) is 2. The van der Waals surface area contributed by atoms with Crippen molar-refractivity contribution in [3.05, 3.63) is 28.8 Å². The molecule has 0 bridgehead atoms. The van der Waals surface area contributed by atoms with Crippen LogP contribution in [-0.2, 0) is 6.54 Å². The maximum atomic E-state index is 5.31. The molecule has 0 unspecified atom stereocenters. The van der Waals surface area contributed by atoms with Crippen molar-refractivity contribution in [3.63, 3.8) is 0 Å². The average Bonchev–Trinajstić information content (AvgIpc) is 2.32. The Hall–Kier alpha value is -1.06. The van der Waals surface area contributed by atoms with E-state index in [4.69, 9.17) is 4.74 Å². The van der Waals surface area contributed by atoms with Gasteiger partial charge >= 0.3 is 0 Å². The lowest BCUT2D eigenvalue weighted by molar-refractivity contribution is 0.411. The molecule has 0 aliphatic heterocycles. The molecule has 0 spiro atoms. The molecule has 3 heteroatoms. The molecular weight excluding hydrogens is 212 g/mol. The van der Waals surface area contributed by atoms with Crippen LogP contribution in [0.3, 0.4) is 0 Å². The van der Waals surface area contributed by atoms with Gasteiger partial charge in [0.05, 0.1) is 7.11 Å². The first-order chi connectivity index (χ1) is 8.19. The summed E-state index contributed by atoms with van der Waals surface area (Å²) in [5.41, 5.74) is 3.84.